The van der Waals surface area contributed by atoms with Crippen LogP contribution in [0, 0.1) is 0 Å². The lowest BCUT2D eigenvalue weighted by Crippen LogP contribution is -2.17. The van der Waals surface area contributed by atoms with Crippen LogP contribution in [0.25, 0.3) is 33.4 Å². The molecule has 222 valence electrons. The Hall–Kier alpha value is -3.90. The minimum Gasteiger partial charge on any atom is -0.0753 e. The Morgan fingerprint density at radius 1 is 0.636 bits per heavy atom. The fraction of sp³-hybridized carbons (Fsp3) is 0.318. The van der Waals surface area contributed by atoms with E-state index in [0.29, 0.717) is 0 Å². The lowest BCUT2D eigenvalue weighted by molar-refractivity contribution is 0.577. The van der Waals surface area contributed by atoms with E-state index in [2.05, 4.69) is 144 Å². The molecule has 0 atom stereocenters. The maximum Gasteiger partial charge on any atom is 0.0214 e. The monoisotopic (exact) mass is 574 g/mol. The third-order valence-corrected chi connectivity index (χ3v) is 10.2. The maximum atomic E-state index is 2.62. The number of hydrogen-bond acceptors (Lipinski definition) is 0. The summed E-state index contributed by atoms with van der Waals surface area (Å²) < 4.78 is 0. The first kappa shape index (κ1) is 28.8. The quantitative estimate of drug-likeness (QED) is 0.183. The van der Waals surface area contributed by atoms with Crippen molar-refractivity contribution < 1.29 is 0 Å². The highest BCUT2D eigenvalue weighted by Crippen LogP contribution is 2.51. The zero-order chi connectivity index (χ0) is 30.5. The molecule has 0 heteroatoms. The SMILES string of the molecule is CC(C)(C)c1cc2c(c(C3C=CC=C3)c1-c1ccccc1)Cc1cc(-c3ccccc3)c(C(C)(C)C=C3CCCCC3)cc1-2. The molecule has 4 aromatic carbocycles. The molecule has 1 saturated carbocycles. The van der Waals surface area contributed by atoms with Crippen LogP contribution < -0.4 is 0 Å². The molecule has 0 spiro atoms. The van der Waals surface area contributed by atoms with Crippen molar-refractivity contribution in [2.45, 2.75) is 89.9 Å². The number of rotatable bonds is 5. The Kier molecular flexibility index (Phi) is 7.36. The van der Waals surface area contributed by atoms with Gasteiger partial charge >= 0.3 is 0 Å². The van der Waals surface area contributed by atoms with Gasteiger partial charge in [-0.25, -0.2) is 0 Å². The van der Waals surface area contributed by atoms with Gasteiger partial charge in [-0.1, -0.05) is 138 Å². The molecule has 0 aromatic heterocycles. The van der Waals surface area contributed by atoms with Crippen LogP contribution in [0.2, 0.25) is 0 Å². The molecule has 7 rings (SSSR count). The van der Waals surface area contributed by atoms with E-state index in [1.807, 2.05) is 0 Å². The number of hydrogen-bond donors (Lipinski definition) is 0. The average Bonchev–Trinajstić information content (AvgIpc) is 3.68. The molecule has 0 aliphatic heterocycles. The molecule has 0 N–H and O–H groups in total. The van der Waals surface area contributed by atoms with E-state index in [1.54, 1.807) is 5.57 Å². The molecule has 0 amide bonds. The van der Waals surface area contributed by atoms with Crippen LogP contribution in [0.3, 0.4) is 0 Å². The van der Waals surface area contributed by atoms with E-state index in [1.165, 1.54) is 93.3 Å². The van der Waals surface area contributed by atoms with E-state index >= 15 is 0 Å². The highest BCUT2D eigenvalue weighted by Gasteiger charge is 2.34. The molecule has 0 bridgehead atoms. The van der Waals surface area contributed by atoms with E-state index < -0.39 is 0 Å². The highest BCUT2D eigenvalue weighted by molar-refractivity contribution is 5.89. The van der Waals surface area contributed by atoms with Gasteiger partial charge in [0.05, 0.1) is 0 Å². The molecule has 0 nitrogen and oxygen atoms in total. The minimum absolute atomic E-state index is 0.00121. The van der Waals surface area contributed by atoms with Crippen molar-refractivity contribution in [3.05, 3.63) is 143 Å². The second-order valence-electron chi connectivity index (χ2n) is 14.8. The summed E-state index contributed by atoms with van der Waals surface area (Å²) in [6.07, 6.45) is 19.4. The van der Waals surface area contributed by atoms with Gasteiger partial charge < -0.3 is 0 Å². The first-order valence-corrected chi connectivity index (χ1v) is 16.8. The van der Waals surface area contributed by atoms with Crippen LogP contribution in [-0.2, 0) is 17.3 Å². The van der Waals surface area contributed by atoms with Gasteiger partial charge in [-0.05, 0) is 117 Å². The van der Waals surface area contributed by atoms with Crippen molar-refractivity contribution in [2.24, 2.45) is 0 Å². The third-order valence-electron chi connectivity index (χ3n) is 10.2. The van der Waals surface area contributed by atoms with Gasteiger partial charge in [-0.3, -0.25) is 0 Å². The molecule has 44 heavy (non-hydrogen) atoms. The second kappa shape index (κ2) is 11.2. The Labute approximate surface area is 265 Å². The van der Waals surface area contributed by atoms with Gasteiger partial charge in [0.1, 0.15) is 0 Å². The number of allylic oxidation sites excluding steroid dienone is 6. The molecule has 0 saturated heterocycles. The Morgan fingerprint density at radius 3 is 1.89 bits per heavy atom. The molecule has 0 unspecified atom stereocenters. The normalized spacial score (nSPS) is 16.3. The predicted molar refractivity (Wildman–Crippen MR) is 189 cm³/mol. The fourth-order valence-electron chi connectivity index (χ4n) is 8.03. The predicted octanol–water partition coefficient (Wildman–Crippen LogP) is 12.3. The zero-order valence-electron chi connectivity index (χ0n) is 27.2. The Morgan fingerprint density at radius 2 is 1.25 bits per heavy atom. The van der Waals surface area contributed by atoms with Gasteiger partial charge in [0.25, 0.3) is 0 Å². The summed E-state index contributed by atoms with van der Waals surface area (Å²) in [6, 6.07) is 29.9. The van der Waals surface area contributed by atoms with E-state index in [0.717, 1.165) is 6.42 Å². The first-order chi connectivity index (χ1) is 21.2. The van der Waals surface area contributed by atoms with Crippen LogP contribution in [0.15, 0.2) is 115 Å². The zero-order valence-corrected chi connectivity index (χ0v) is 27.2. The summed E-state index contributed by atoms with van der Waals surface area (Å²) in [5, 5.41) is 0. The fourth-order valence-corrected chi connectivity index (χ4v) is 8.03. The molecule has 3 aliphatic carbocycles. The van der Waals surface area contributed by atoms with Crippen LogP contribution in [-0.4, -0.2) is 0 Å². The lowest BCUT2D eigenvalue weighted by atomic mass is 9.74. The van der Waals surface area contributed by atoms with Gasteiger partial charge in [-0.2, -0.15) is 0 Å². The van der Waals surface area contributed by atoms with Crippen LogP contribution >= 0.6 is 0 Å². The van der Waals surface area contributed by atoms with Crippen molar-refractivity contribution in [3.63, 3.8) is 0 Å². The summed E-state index contributed by atoms with van der Waals surface area (Å²) in [7, 11) is 0. The Bertz CT molecular complexity index is 1760. The first-order valence-electron chi connectivity index (χ1n) is 16.8. The van der Waals surface area contributed by atoms with Gasteiger partial charge in [-0.15, -0.1) is 0 Å². The second-order valence-corrected chi connectivity index (χ2v) is 14.8. The minimum atomic E-state index is -0.0633. The van der Waals surface area contributed by atoms with E-state index in [4.69, 9.17) is 0 Å². The molecule has 1 fully saturated rings. The van der Waals surface area contributed by atoms with Crippen molar-refractivity contribution in [3.8, 4) is 33.4 Å². The average molecular weight is 575 g/mol. The van der Waals surface area contributed by atoms with Crippen molar-refractivity contribution in [1.82, 2.24) is 0 Å². The summed E-state index contributed by atoms with van der Waals surface area (Å²) in [4.78, 5) is 0. The molecular formula is C44H46. The molecule has 0 heterocycles. The summed E-state index contributed by atoms with van der Waals surface area (Å²) in [5.74, 6) is 0.288. The standard InChI is InChI=1S/C44H46/c1-43(2,3)40-28-37-35-27-39(44(4,5)29-30-17-9-6-10-18-30)36(31-19-11-7-12-20-31)25-34(35)26-38(37)41(32-23-15-16-24-32)42(40)33-21-13-8-14-22-33/h7-8,11-16,19-25,27-29,32H,6,9-10,17-18,26H2,1-5H3. The smallest absolute Gasteiger partial charge is 0.0214 e. The van der Waals surface area contributed by atoms with Crippen molar-refractivity contribution in [2.75, 3.05) is 0 Å². The summed E-state index contributed by atoms with van der Waals surface area (Å²) >= 11 is 0. The van der Waals surface area contributed by atoms with E-state index in [-0.39, 0.29) is 16.7 Å². The van der Waals surface area contributed by atoms with Crippen LogP contribution in [0.5, 0.6) is 0 Å². The lowest BCUT2D eigenvalue weighted by Gasteiger charge is -2.30. The summed E-state index contributed by atoms with van der Waals surface area (Å²) in [5.41, 5.74) is 17.3. The number of benzene rings is 4. The third kappa shape index (κ3) is 5.23. The number of fused-ring (bicyclic) bond motifs is 3. The molecular weight excluding hydrogens is 528 g/mol. The molecule has 3 aliphatic rings. The largest absolute Gasteiger partial charge is 0.0753 e. The Balaban J connectivity index is 1.50. The van der Waals surface area contributed by atoms with Crippen LogP contribution in [0.1, 0.15) is 100 Å². The molecule has 0 radical (unpaired) electrons. The van der Waals surface area contributed by atoms with Gasteiger partial charge in [0.2, 0.25) is 0 Å². The van der Waals surface area contributed by atoms with E-state index in [9.17, 15) is 0 Å². The van der Waals surface area contributed by atoms with Crippen molar-refractivity contribution >= 4 is 0 Å². The van der Waals surface area contributed by atoms with Gasteiger partial charge in [0, 0.05) is 11.3 Å². The molecule has 4 aromatic rings. The van der Waals surface area contributed by atoms with Gasteiger partial charge in [0.15, 0.2) is 0 Å². The summed E-state index contributed by atoms with van der Waals surface area (Å²) in [6.45, 7) is 12.0. The highest BCUT2D eigenvalue weighted by atomic mass is 14.4. The maximum absolute atomic E-state index is 2.62. The topological polar surface area (TPSA) is 0 Å². The van der Waals surface area contributed by atoms with Crippen molar-refractivity contribution in [1.29, 1.82) is 0 Å². The van der Waals surface area contributed by atoms with Crippen LogP contribution in [0.4, 0.5) is 0 Å².